The maximum absolute atomic E-state index is 9.91. The molecule has 1 saturated carbocycles. The van der Waals surface area contributed by atoms with Crippen LogP contribution < -0.4 is 10.6 Å². The summed E-state index contributed by atoms with van der Waals surface area (Å²) in [6.45, 7) is 1.35. The summed E-state index contributed by atoms with van der Waals surface area (Å²) in [6, 6.07) is 15.7. The van der Waals surface area contributed by atoms with Gasteiger partial charge in [0, 0.05) is 36.3 Å². The number of aromatic hydroxyl groups is 2. The number of phenolic OH excluding ortho intramolecular Hbond substituents is 2. The lowest BCUT2D eigenvalue weighted by atomic mass is 9.90. The van der Waals surface area contributed by atoms with Crippen molar-refractivity contribution >= 4 is 0 Å². The minimum absolute atomic E-state index is 0.347. The fraction of sp³-hybridized carbons (Fsp3) is 0.400. The van der Waals surface area contributed by atoms with Crippen molar-refractivity contribution in [1.29, 1.82) is 0 Å². The Labute approximate surface area is 143 Å². The highest BCUT2D eigenvalue weighted by Crippen LogP contribution is 2.22. The quantitative estimate of drug-likeness (QED) is 0.658. The van der Waals surface area contributed by atoms with E-state index >= 15 is 0 Å². The standard InChI is InChI=1S/C20H26N2O2/c23-19-11-5-1-7-15(19)13-21-17-9-3-4-10-18(17)22-14-16-8-2-6-12-20(16)24/h1-2,5-8,11-12,17-18,21-24H,3-4,9-10,13-14H2/t17-,18?/m0/s1. The van der Waals surface area contributed by atoms with E-state index < -0.39 is 0 Å². The summed E-state index contributed by atoms with van der Waals surface area (Å²) in [5.41, 5.74) is 1.87. The highest BCUT2D eigenvalue weighted by Gasteiger charge is 2.24. The zero-order valence-corrected chi connectivity index (χ0v) is 13.9. The van der Waals surface area contributed by atoms with Crippen LogP contribution in [0.2, 0.25) is 0 Å². The molecule has 1 fully saturated rings. The normalized spacial score (nSPS) is 20.8. The van der Waals surface area contributed by atoms with Crippen LogP contribution in [-0.4, -0.2) is 22.3 Å². The van der Waals surface area contributed by atoms with Gasteiger partial charge >= 0.3 is 0 Å². The third-order valence-electron chi connectivity index (χ3n) is 4.86. The molecule has 2 atom stereocenters. The molecule has 4 N–H and O–H groups in total. The summed E-state index contributed by atoms with van der Waals surface area (Å²) in [5, 5.41) is 27.0. The Morgan fingerprint density at radius 1 is 0.708 bits per heavy atom. The Morgan fingerprint density at radius 2 is 1.12 bits per heavy atom. The molecule has 1 aliphatic rings. The predicted octanol–water partition coefficient (Wildman–Crippen LogP) is 3.29. The summed E-state index contributed by atoms with van der Waals surface area (Å²) in [4.78, 5) is 0. The third-order valence-corrected chi connectivity index (χ3v) is 4.86. The second-order valence-corrected chi connectivity index (χ2v) is 6.52. The van der Waals surface area contributed by atoms with Crippen LogP contribution >= 0.6 is 0 Å². The number of nitrogens with one attached hydrogen (secondary N) is 2. The van der Waals surface area contributed by atoms with Crippen LogP contribution in [0.15, 0.2) is 48.5 Å². The predicted molar refractivity (Wildman–Crippen MR) is 95.9 cm³/mol. The van der Waals surface area contributed by atoms with E-state index in [1.54, 1.807) is 12.1 Å². The maximum Gasteiger partial charge on any atom is 0.120 e. The molecule has 0 saturated heterocycles. The first-order chi connectivity index (χ1) is 11.7. The molecular weight excluding hydrogens is 300 g/mol. The van der Waals surface area contributed by atoms with Crippen molar-refractivity contribution in [2.24, 2.45) is 0 Å². The van der Waals surface area contributed by atoms with E-state index in [4.69, 9.17) is 0 Å². The average Bonchev–Trinajstić information content (AvgIpc) is 2.61. The Morgan fingerprint density at radius 3 is 1.54 bits per heavy atom. The van der Waals surface area contributed by atoms with Crippen molar-refractivity contribution in [2.75, 3.05) is 0 Å². The molecule has 4 nitrogen and oxygen atoms in total. The highest BCUT2D eigenvalue weighted by atomic mass is 16.3. The first-order valence-corrected chi connectivity index (χ1v) is 8.74. The number of benzene rings is 2. The largest absolute Gasteiger partial charge is 0.508 e. The second kappa shape index (κ2) is 8.18. The minimum atomic E-state index is 0.347. The molecule has 0 bridgehead atoms. The Bertz CT molecular complexity index is 602. The molecule has 4 heteroatoms. The van der Waals surface area contributed by atoms with Gasteiger partial charge in [0.25, 0.3) is 0 Å². The molecule has 2 aromatic rings. The minimum Gasteiger partial charge on any atom is -0.508 e. The zero-order valence-electron chi connectivity index (χ0n) is 13.9. The number of rotatable bonds is 6. The average molecular weight is 326 g/mol. The summed E-state index contributed by atoms with van der Waals surface area (Å²) in [7, 11) is 0. The van der Waals surface area contributed by atoms with Crippen molar-refractivity contribution < 1.29 is 10.2 Å². The first-order valence-electron chi connectivity index (χ1n) is 8.74. The monoisotopic (exact) mass is 326 g/mol. The van der Waals surface area contributed by atoms with Crippen LogP contribution in [0.5, 0.6) is 11.5 Å². The summed E-state index contributed by atoms with van der Waals surface area (Å²) in [5.74, 6) is 0.694. The molecule has 1 unspecified atom stereocenters. The van der Waals surface area contributed by atoms with Crippen molar-refractivity contribution in [1.82, 2.24) is 10.6 Å². The molecule has 0 radical (unpaired) electrons. The third kappa shape index (κ3) is 4.28. The van der Waals surface area contributed by atoms with Gasteiger partial charge in [-0.25, -0.2) is 0 Å². The fourth-order valence-electron chi connectivity index (χ4n) is 3.42. The van der Waals surface area contributed by atoms with Crippen molar-refractivity contribution in [3.05, 3.63) is 59.7 Å². The van der Waals surface area contributed by atoms with Gasteiger partial charge in [-0.05, 0) is 25.0 Å². The summed E-state index contributed by atoms with van der Waals surface area (Å²) < 4.78 is 0. The molecule has 1 aliphatic carbocycles. The number of hydrogen-bond acceptors (Lipinski definition) is 4. The van der Waals surface area contributed by atoms with E-state index in [-0.39, 0.29) is 0 Å². The Balaban J connectivity index is 1.57. The van der Waals surface area contributed by atoms with Crippen LogP contribution in [0, 0.1) is 0 Å². The molecule has 2 aromatic carbocycles. The molecule has 0 heterocycles. The molecule has 0 spiro atoms. The molecule has 128 valence electrons. The van der Waals surface area contributed by atoms with Gasteiger partial charge in [0.15, 0.2) is 0 Å². The van der Waals surface area contributed by atoms with Gasteiger partial charge in [-0.3, -0.25) is 0 Å². The summed E-state index contributed by atoms with van der Waals surface area (Å²) in [6.07, 6.45) is 4.72. The molecular formula is C20H26N2O2. The van der Waals surface area contributed by atoms with E-state index in [0.29, 0.717) is 36.7 Å². The zero-order chi connectivity index (χ0) is 16.8. The molecule has 0 aromatic heterocycles. The maximum atomic E-state index is 9.91. The van der Waals surface area contributed by atoms with Gasteiger partial charge in [0.1, 0.15) is 11.5 Å². The number of para-hydroxylation sites is 2. The lowest BCUT2D eigenvalue weighted by molar-refractivity contribution is 0.279. The van der Waals surface area contributed by atoms with Crippen LogP contribution in [0.4, 0.5) is 0 Å². The first kappa shape index (κ1) is 16.8. The van der Waals surface area contributed by atoms with Crippen LogP contribution in [-0.2, 0) is 13.1 Å². The Kier molecular flexibility index (Phi) is 5.72. The van der Waals surface area contributed by atoms with Crippen molar-refractivity contribution in [3.63, 3.8) is 0 Å². The van der Waals surface area contributed by atoms with Gasteiger partial charge in [0.2, 0.25) is 0 Å². The lowest BCUT2D eigenvalue weighted by Gasteiger charge is -2.33. The fourth-order valence-corrected chi connectivity index (χ4v) is 3.42. The molecule has 3 rings (SSSR count). The van der Waals surface area contributed by atoms with Gasteiger partial charge in [-0.2, -0.15) is 0 Å². The number of phenols is 2. The smallest absolute Gasteiger partial charge is 0.120 e. The lowest BCUT2D eigenvalue weighted by Crippen LogP contribution is -2.49. The van der Waals surface area contributed by atoms with Gasteiger partial charge in [0.05, 0.1) is 0 Å². The van der Waals surface area contributed by atoms with Gasteiger partial charge in [-0.1, -0.05) is 49.2 Å². The van der Waals surface area contributed by atoms with E-state index in [1.165, 1.54) is 12.8 Å². The summed E-state index contributed by atoms with van der Waals surface area (Å²) >= 11 is 0. The van der Waals surface area contributed by atoms with Crippen molar-refractivity contribution in [3.8, 4) is 11.5 Å². The highest BCUT2D eigenvalue weighted by molar-refractivity contribution is 5.32. The van der Waals surface area contributed by atoms with E-state index in [9.17, 15) is 10.2 Å². The van der Waals surface area contributed by atoms with Gasteiger partial charge < -0.3 is 20.8 Å². The van der Waals surface area contributed by atoms with E-state index in [1.807, 2.05) is 36.4 Å². The van der Waals surface area contributed by atoms with Crippen LogP contribution in [0.1, 0.15) is 36.8 Å². The SMILES string of the molecule is Oc1ccccc1CNC1CCCC[C@@H]1NCc1ccccc1O. The molecule has 24 heavy (non-hydrogen) atoms. The van der Waals surface area contributed by atoms with E-state index in [0.717, 1.165) is 24.0 Å². The second-order valence-electron chi connectivity index (χ2n) is 6.52. The van der Waals surface area contributed by atoms with Crippen LogP contribution in [0.25, 0.3) is 0 Å². The van der Waals surface area contributed by atoms with Crippen LogP contribution in [0.3, 0.4) is 0 Å². The number of hydrogen-bond donors (Lipinski definition) is 4. The van der Waals surface area contributed by atoms with Crippen molar-refractivity contribution in [2.45, 2.75) is 50.9 Å². The van der Waals surface area contributed by atoms with Gasteiger partial charge in [-0.15, -0.1) is 0 Å². The Hall–Kier alpha value is -2.04. The topological polar surface area (TPSA) is 64.5 Å². The van der Waals surface area contributed by atoms with E-state index in [2.05, 4.69) is 10.6 Å². The molecule has 0 aliphatic heterocycles. The molecule has 0 amide bonds.